The van der Waals surface area contributed by atoms with Crippen LogP contribution in [0.2, 0.25) is 0 Å². The first-order valence-corrected chi connectivity index (χ1v) is 6.94. The number of benzene rings is 1. The number of guanidine groups is 1. The molecule has 0 aromatic heterocycles. The van der Waals surface area contributed by atoms with Crippen LogP contribution in [0.5, 0.6) is 0 Å². The van der Waals surface area contributed by atoms with E-state index in [9.17, 15) is 8.78 Å². The molecule has 126 valence electrons. The van der Waals surface area contributed by atoms with Crippen LogP contribution < -0.4 is 10.6 Å². The first-order valence-electron chi connectivity index (χ1n) is 6.94. The van der Waals surface area contributed by atoms with Gasteiger partial charge in [0, 0.05) is 25.2 Å². The fourth-order valence-corrected chi connectivity index (χ4v) is 2.03. The van der Waals surface area contributed by atoms with Crippen LogP contribution in [0.4, 0.5) is 8.78 Å². The summed E-state index contributed by atoms with van der Waals surface area (Å²) in [6.07, 6.45) is 0. The summed E-state index contributed by atoms with van der Waals surface area (Å²) in [5.41, 5.74) is 0.0648. The van der Waals surface area contributed by atoms with Gasteiger partial charge in [-0.25, -0.2) is 8.78 Å². The Hall–Kier alpha value is -0.960. The lowest BCUT2D eigenvalue weighted by Crippen LogP contribution is -2.44. The third-order valence-electron chi connectivity index (χ3n) is 3.07. The van der Waals surface area contributed by atoms with Crippen molar-refractivity contribution in [3.63, 3.8) is 0 Å². The molecular formula is C15H25F2IN4. The van der Waals surface area contributed by atoms with Gasteiger partial charge in [-0.2, -0.15) is 0 Å². The summed E-state index contributed by atoms with van der Waals surface area (Å²) >= 11 is 0. The van der Waals surface area contributed by atoms with Crippen molar-refractivity contribution in [2.75, 3.05) is 27.7 Å². The van der Waals surface area contributed by atoms with Crippen molar-refractivity contribution in [2.45, 2.75) is 25.9 Å². The van der Waals surface area contributed by atoms with E-state index < -0.39 is 17.7 Å². The van der Waals surface area contributed by atoms with Crippen LogP contribution >= 0.6 is 24.0 Å². The van der Waals surface area contributed by atoms with Crippen molar-refractivity contribution in [2.24, 2.45) is 4.99 Å². The smallest absolute Gasteiger partial charge is 0.191 e. The molecule has 7 heteroatoms. The van der Waals surface area contributed by atoms with Crippen LogP contribution in [0.25, 0.3) is 0 Å². The van der Waals surface area contributed by atoms with Crippen molar-refractivity contribution >= 4 is 29.9 Å². The number of nitrogens with one attached hydrogen (secondary N) is 2. The lowest BCUT2D eigenvalue weighted by Gasteiger charge is -2.27. The van der Waals surface area contributed by atoms with Crippen molar-refractivity contribution < 1.29 is 8.78 Å². The number of hydrogen-bond donors (Lipinski definition) is 2. The fraction of sp³-hybridized carbons (Fsp3) is 0.533. The molecule has 1 aromatic rings. The van der Waals surface area contributed by atoms with Gasteiger partial charge in [0.2, 0.25) is 0 Å². The van der Waals surface area contributed by atoms with E-state index in [1.807, 2.05) is 13.8 Å². The maximum absolute atomic E-state index is 13.9. The second kappa shape index (κ2) is 9.94. The SMILES string of the molecule is CN=C(NCC(c1c(F)cccc1F)N(C)C)NC(C)C.I. The molecule has 1 aromatic carbocycles. The van der Waals surface area contributed by atoms with E-state index in [0.29, 0.717) is 12.5 Å². The summed E-state index contributed by atoms with van der Waals surface area (Å²) in [6, 6.07) is 3.70. The highest BCUT2D eigenvalue weighted by molar-refractivity contribution is 14.0. The normalized spacial score (nSPS) is 13.0. The molecule has 1 atom stereocenters. The molecular weight excluding hydrogens is 401 g/mol. The highest BCUT2D eigenvalue weighted by Gasteiger charge is 2.22. The Morgan fingerprint density at radius 1 is 1.23 bits per heavy atom. The first kappa shape index (κ1) is 21.0. The summed E-state index contributed by atoms with van der Waals surface area (Å²) in [6.45, 7) is 4.33. The fourth-order valence-electron chi connectivity index (χ4n) is 2.03. The standard InChI is InChI=1S/C15H24F2N4.HI/c1-10(2)20-15(18-3)19-9-13(21(4)5)14-11(16)7-6-8-12(14)17;/h6-8,10,13H,9H2,1-5H3,(H2,18,19,20);1H. The Morgan fingerprint density at radius 2 is 1.77 bits per heavy atom. The molecule has 1 unspecified atom stereocenters. The summed E-state index contributed by atoms with van der Waals surface area (Å²) in [5.74, 6) is -0.474. The molecule has 0 aliphatic carbocycles. The van der Waals surface area contributed by atoms with E-state index in [1.165, 1.54) is 18.2 Å². The van der Waals surface area contributed by atoms with Gasteiger partial charge < -0.3 is 15.5 Å². The highest BCUT2D eigenvalue weighted by atomic mass is 127. The number of likely N-dealkylation sites (N-methyl/N-ethyl adjacent to an activating group) is 1. The van der Waals surface area contributed by atoms with Gasteiger partial charge in [0.05, 0.1) is 6.04 Å². The third kappa shape index (κ3) is 6.04. The molecule has 0 bridgehead atoms. The number of rotatable bonds is 5. The second-order valence-electron chi connectivity index (χ2n) is 5.37. The van der Waals surface area contributed by atoms with E-state index in [4.69, 9.17) is 0 Å². The molecule has 0 aliphatic rings. The van der Waals surface area contributed by atoms with Crippen molar-refractivity contribution in [1.82, 2.24) is 15.5 Å². The van der Waals surface area contributed by atoms with Gasteiger partial charge in [0.25, 0.3) is 0 Å². The molecule has 0 fully saturated rings. The van der Waals surface area contributed by atoms with Crippen LogP contribution in [-0.2, 0) is 0 Å². The van der Waals surface area contributed by atoms with Gasteiger partial charge in [0.1, 0.15) is 11.6 Å². The van der Waals surface area contributed by atoms with Gasteiger partial charge in [-0.05, 0) is 40.1 Å². The maximum Gasteiger partial charge on any atom is 0.191 e. The van der Waals surface area contributed by atoms with Gasteiger partial charge in [-0.1, -0.05) is 6.07 Å². The summed E-state index contributed by atoms with van der Waals surface area (Å²) in [7, 11) is 5.24. The van der Waals surface area contributed by atoms with Gasteiger partial charge in [0.15, 0.2) is 5.96 Å². The zero-order valence-electron chi connectivity index (χ0n) is 13.7. The predicted molar refractivity (Wildman–Crippen MR) is 97.8 cm³/mol. The minimum Gasteiger partial charge on any atom is -0.354 e. The van der Waals surface area contributed by atoms with Crippen LogP contribution in [0.15, 0.2) is 23.2 Å². The number of nitrogens with zero attached hydrogens (tertiary/aromatic N) is 2. The first-order chi connectivity index (χ1) is 9.86. The van der Waals surface area contributed by atoms with Gasteiger partial charge in [-0.15, -0.1) is 24.0 Å². The molecule has 0 radical (unpaired) electrons. The zero-order valence-corrected chi connectivity index (χ0v) is 16.0. The van der Waals surface area contributed by atoms with Gasteiger partial charge in [-0.3, -0.25) is 4.99 Å². The maximum atomic E-state index is 13.9. The Labute approximate surface area is 148 Å². The molecule has 4 nitrogen and oxygen atoms in total. The lowest BCUT2D eigenvalue weighted by atomic mass is 10.0. The average Bonchev–Trinajstić information content (AvgIpc) is 2.39. The molecule has 0 heterocycles. The molecule has 0 saturated carbocycles. The lowest BCUT2D eigenvalue weighted by molar-refractivity contribution is 0.282. The Morgan fingerprint density at radius 3 is 2.18 bits per heavy atom. The van der Waals surface area contributed by atoms with Crippen molar-refractivity contribution in [3.05, 3.63) is 35.4 Å². The molecule has 0 aliphatic heterocycles. The molecule has 0 saturated heterocycles. The Kier molecular flexibility index (Phi) is 9.50. The largest absolute Gasteiger partial charge is 0.354 e. The van der Waals surface area contributed by atoms with Crippen LogP contribution in [0.3, 0.4) is 0 Å². The quantitative estimate of drug-likeness (QED) is 0.432. The highest BCUT2D eigenvalue weighted by Crippen LogP contribution is 2.23. The van der Waals surface area contributed by atoms with Crippen LogP contribution in [-0.4, -0.2) is 44.6 Å². The number of aliphatic imine (C=N–C) groups is 1. The minimum atomic E-state index is -0.540. The topological polar surface area (TPSA) is 39.7 Å². The van der Waals surface area contributed by atoms with E-state index in [2.05, 4.69) is 15.6 Å². The predicted octanol–water partition coefficient (Wildman–Crippen LogP) is 2.76. The number of halogens is 3. The zero-order chi connectivity index (χ0) is 16.0. The summed E-state index contributed by atoms with van der Waals surface area (Å²) in [5, 5.41) is 6.24. The van der Waals surface area contributed by atoms with Crippen LogP contribution in [0.1, 0.15) is 25.5 Å². The minimum absolute atomic E-state index is 0. The molecule has 0 spiro atoms. The van der Waals surface area contributed by atoms with Gasteiger partial charge >= 0.3 is 0 Å². The third-order valence-corrected chi connectivity index (χ3v) is 3.07. The Balaban J connectivity index is 0.00000441. The summed E-state index contributed by atoms with van der Waals surface area (Å²) < 4.78 is 27.9. The molecule has 22 heavy (non-hydrogen) atoms. The number of hydrogen-bond acceptors (Lipinski definition) is 2. The van der Waals surface area contributed by atoms with Crippen LogP contribution in [0, 0.1) is 11.6 Å². The molecule has 2 N–H and O–H groups in total. The monoisotopic (exact) mass is 426 g/mol. The summed E-state index contributed by atoms with van der Waals surface area (Å²) in [4.78, 5) is 5.86. The van der Waals surface area contributed by atoms with E-state index >= 15 is 0 Å². The van der Waals surface area contributed by atoms with E-state index in [-0.39, 0.29) is 35.6 Å². The van der Waals surface area contributed by atoms with Crippen molar-refractivity contribution in [3.8, 4) is 0 Å². The second-order valence-corrected chi connectivity index (χ2v) is 5.37. The van der Waals surface area contributed by atoms with E-state index in [0.717, 1.165) is 0 Å². The molecule has 0 amide bonds. The average molecular weight is 426 g/mol. The molecule has 1 rings (SSSR count). The Bertz CT molecular complexity index is 472. The van der Waals surface area contributed by atoms with Crippen molar-refractivity contribution in [1.29, 1.82) is 0 Å². The van der Waals surface area contributed by atoms with E-state index in [1.54, 1.807) is 26.0 Å².